The van der Waals surface area contributed by atoms with E-state index in [2.05, 4.69) is 27.8 Å². The number of aryl methyl sites for hydroxylation is 1. The number of aromatic nitrogens is 3. The second-order valence-corrected chi connectivity index (χ2v) is 7.03. The Morgan fingerprint density at radius 1 is 1.10 bits per heavy atom. The summed E-state index contributed by atoms with van der Waals surface area (Å²) in [5.74, 6) is 1.35. The molecule has 148 valence electrons. The van der Waals surface area contributed by atoms with Crippen molar-refractivity contribution in [2.75, 3.05) is 5.43 Å². The summed E-state index contributed by atoms with van der Waals surface area (Å²) in [5.41, 5.74) is 5.29. The molecule has 0 aliphatic heterocycles. The second kappa shape index (κ2) is 8.45. The molecule has 2 N–H and O–H groups in total. The van der Waals surface area contributed by atoms with Gasteiger partial charge in [-0.1, -0.05) is 49.4 Å². The number of nitrogens with one attached hydrogen (secondary N) is 2. The monoisotopic (exact) mass is 408 g/mol. The van der Waals surface area contributed by atoms with Crippen LogP contribution in [0.25, 0.3) is 10.8 Å². The van der Waals surface area contributed by atoms with Crippen LogP contribution < -0.4 is 10.2 Å². The van der Waals surface area contributed by atoms with Gasteiger partial charge >= 0.3 is 0 Å². The lowest BCUT2D eigenvalue weighted by Crippen LogP contribution is -2.18. The lowest BCUT2D eigenvalue weighted by atomic mass is 10.0. The van der Waals surface area contributed by atoms with E-state index in [9.17, 15) is 4.39 Å². The highest BCUT2D eigenvalue weighted by Crippen LogP contribution is 2.29. The van der Waals surface area contributed by atoms with E-state index in [0.717, 1.165) is 39.9 Å². The molecular weight excluding hydrogens is 387 g/mol. The molecule has 0 bridgehead atoms. The summed E-state index contributed by atoms with van der Waals surface area (Å²) in [7, 11) is 0. The van der Waals surface area contributed by atoms with E-state index >= 15 is 0 Å². The Hall–Kier alpha value is -3.19. The zero-order valence-corrected chi connectivity index (χ0v) is 16.8. The molecule has 0 spiro atoms. The highest BCUT2D eigenvalue weighted by Gasteiger charge is 2.11. The molecule has 1 aromatic heterocycles. The van der Waals surface area contributed by atoms with Gasteiger partial charge in [0.15, 0.2) is 5.82 Å². The molecule has 0 aliphatic rings. The first kappa shape index (κ1) is 19.1. The van der Waals surface area contributed by atoms with Crippen LogP contribution in [0.4, 0.5) is 4.39 Å². The Bertz CT molecular complexity index is 1180. The minimum Gasteiger partial charge on any atom is -0.489 e. The maximum atomic E-state index is 13.2. The number of fused-ring (bicyclic) bond motifs is 1. The first-order valence-corrected chi connectivity index (χ1v) is 9.84. The number of hydrogen-bond acceptors (Lipinski definition) is 4. The first-order chi connectivity index (χ1) is 14.2. The van der Waals surface area contributed by atoms with E-state index in [1.54, 1.807) is 16.8 Å². The van der Waals surface area contributed by atoms with Crippen molar-refractivity contribution in [2.45, 2.75) is 26.5 Å². The van der Waals surface area contributed by atoms with Gasteiger partial charge in [0.25, 0.3) is 0 Å². The quantitative estimate of drug-likeness (QED) is 0.417. The van der Waals surface area contributed by atoms with E-state index in [0.29, 0.717) is 17.9 Å². The molecule has 5 nitrogen and oxygen atoms in total. The van der Waals surface area contributed by atoms with Gasteiger partial charge in [-0.15, -0.1) is 0 Å². The minimum absolute atomic E-state index is 0.257. The summed E-state index contributed by atoms with van der Waals surface area (Å²) in [6, 6.07) is 18.5. The number of aromatic amines is 1. The second-order valence-electron chi connectivity index (χ2n) is 6.65. The molecule has 1 heterocycles. The van der Waals surface area contributed by atoms with Gasteiger partial charge in [0, 0.05) is 12.0 Å². The maximum absolute atomic E-state index is 13.2. The standard InChI is InChI=1S/C22H21FN4OS/c1-2-21-25-26-22(29)27(21)24-13-19-18-6-4-3-5-16(18)9-12-20(19)28-14-15-7-10-17(23)11-8-15/h3-12,24H,2,13-14H2,1H3,(H,26,29). The van der Waals surface area contributed by atoms with Gasteiger partial charge in [-0.2, -0.15) is 5.10 Å². The molecule has 4 rings (SSSR count). The number of benzene rings is 3. The van der Waals surface area contributed by atoms with Gasteiger partial charge in [0.2, 0.25) is 4.77 Å². The Labute approximate surface area is 173 Å². The predicted molar refractivity (Wildman–Crippen MR) is 115 cm³/mol. The highest BCUT2D eigenvalue weighted by molar-refractivity contribution is 7.71. The maximum Gasteiger partial charge on any atom is 0.214 e. The van der Waals surface area contributed by atoms with Crippen LogP contribution in [0, 0.1) is 10.6 Å². The molecule has 0 atom stereocenters. The summed E-state index contributed by atoms with van der Waals surface area (Å²) >= 11 is 5.33. The van der Waals surface area contributed by atoms with Crippen LogP contribution in [-0.2, 0) is 19.6 Å². The molecule has 0 saturated heterocycles. The van der Waals surface area contributed by atoms with Crippen molar-refractivity contribution in [3.63, 3.8) is 0 Å². The summed E-state index contributed by atoms with van der Waals surface area (Å²) in [4.78, 5) is 0. The molecular formula is C22H21FN4OS. The zero-order valence-electron chi connectivity index (χ0n) is 16.0. The molecule has 0 unspecified atom stereocenters. The van der Waals surface area contributed by atoms with Crippen LogP contribution in [0.3, 0.4) is 0 Å². The zero-order chi connectivity index (χ0) is 20.2. The molecule has 3 aromatic carbocycles. The molecule has 7 heteroatoms. The Morgan fingerprint density at radius 3 is 2.69 bits per heavy atom. The molecule has 0 radical (unpaired) electrons. The topological polar surface area (TPSA) is 54.9 Å². The fraction of sp³-hybridized carbons (Fsp3) is 0.182. The van der Waals surface area contributed by atoms with Crippen LogP contribution in [0.15, 0.2) is 60.7 Å². The van der Waals surface area contributed by atoms with Crippen molar-refractivity contribution in [2.24, 2.45) is 0 Å². The fourth-order valence-corrected chi connectivity index (χ4v) is 3.48. The van der Waals surface area contributed by atoms with Gasteiger partial charge < -0.3 is 10.2 Å². The van der Waals surface area contributed by atoms with E-state index in [-0.39, 0.29) is 5.82 Å². The van der Waals surface area contributed by atoms with Gasteiger partial charge in [-0.3, -0.25) is 5.10 Å². The average molecular weight is 409 g/mol. The summed E-state index contributed by atoms with van der Waals surface area (Å²) < 4.78 is 21.6. The lowest BCUT2D eigenvalue weighted by Gasteiger charge is -2.16. The smallest absolute Gasteiger partial charge is 0.214 e. The van der Waals surface area contributed by atoms with Crippen LogP contribution >= 0.6 is 12.2 Å². The predicted octanol–water partition coefficient (Wildman–Crippen LogP) is 5.12. The molecule has 0 fully saturated rings. The van der Waals surface area contributed by atoms with Gasteiger partial charge in [0.05, 0.1) is 6.54 Å². The molecule has 0 saturated carbocycles. The number of halogens is 1. The summed E-state index contributed by atoms with van der Waals surface area (Å²) in [6.45, 7) is 2.90. The van der Waals surface area contributed by atoms with Crippen molar-refractivity contribution in [3.05, 3.63) is 88.2 Å². The minimum atomic E-state index is -0.257. The summed E-state index contributed by atoms with van der Waals surface area (Å²) in [5, 5.41) is 9.29. The van der Waals surface area contributed by atoms with Gasteiger partial charge in [-0.25, -0.2) is 9.07 Å². The fourth-order valence-electron chi connectivity index (χ4n) is 3.26. The van der Waals surface area contributed by atoms with Crippen molar-refractivity contribution in [1.29, 1.82) is 0 Å². The van der Waals surface area contributed by atoms with Crippen molar-refractivity contribution >= 4 is 23.0 Å². The number of hydrogen-bond donors (Lipinski definition) is 2. The highest BCUT2D eigenvalue weighted by atomic mass is 32.1. The Kier molecular flexibility index (Phi) is 5.57. The van der Waals surface area contributed by atoms with Crippen molar-refractivity contribution in [1.82, 2.24) is 14.9 Å². The van der Waals surface area contributed by atoms with E-state index in [4.69, 9.17) is 17.0 Å². The number of H-pyrrole nitrogens is 1. The first-order valence-electron chi connectivity index (χ1n) is 9.43. The molecule has 4 aromatic rings. The largest absolute Gasteiger partial charge is 0.489 e. The van der Waals surface area contributed by atoms with Crippen molar-refractivity contribution in [3.8, 4) is 5.75 Å². The normalized spacial score (nSPS) is 11.0. The van der Waals surface area contributed by atoms with Gasteiger partial charge in [-0.05, 0) is 46.8 Å². The third kappa shape index (κ3) is 4.14. The van der Waals surface area contributed by atoms with Crippen LogP contribution in [0.1, 0.15) is 23.9 Å². The SMILES string of the molecule is CCc1n[nH]c(=S)n1NCc1c(OCc2ccc(F)cc2)ccc2ccccc12. The van der Waals surface area contributed by atoms with Gasteiger partial charge in [0.1, 0.15) is 18.2 Å². The Balaban J connectivity index is 1.64. The van der Waals surface area contributed by atoms with Crippen LogP contribution in [0.2, 0.25) is 0 Å². The van der Waals surface area contributed by atoms with E-state index < -0.39 is 0 Å². The van der Waals surface area contributed by atoms with Crippen LogP contribution in [0.5, 0.6) is 5.75 Å². The third-order valence-corrected chi connectivity index (χ3v) is 5.05. The average Bonchev–Trinajstić information content (AvgIpc) is 3.11. The van der Waals surface area contributed by atoms with E-state index in [1.165, 1.54) is 12.1 Å². The number of nitrogens with zero attached hydrogens (tertiary/aromatic N) is 2. The molecule has 0 amide bonds. The molecule has 29 heavy (non-hydrogen) atoms. The molecule has 0 aliphatic carbocycles. The Morgan fingerprint density at radius 2 is 1.90 bits per heavy atom. The third-order valence-electron chi connectivity index (χ3n) is 4.78. The van der Waals surface area contributed by atoms with Crippen molar-refractivity contribution < 1.29 is 9.13 Å². The lowest BCUT2D eigenvalue weighted by molar-refractivity contribution is 0.303. The van der Waals surface area contributed by atoms with E-state index in [1.807, 2.05) is 31.2 Å². The number of ether oxygens (including phenoxy) is 1. The van der Waals surface area contributed by atoms with Crippen LogP contribution in [-0.4, -0.2) is 14.9 Å². The number of rotatable bonds is 7. The summed E-state index contributed by atoms with van der Waals surface area (Å²) in [6.07, 6.45) is 0.754.